The van der Waals surface area contributed by atoms with Crippen LogP contribution in [0.2, 0.25) is 5.02 Å². The van der Waals surface area contributed by atoms with E-state index in [1.165, 1.54) is 0 Å². The number of rotatable bonds is 6. The van der Waals surface area contributed by atoms with Gasteiger partial charge in [0.2, 0.25) is 0 Å². The molecule has 17 heavy (non-hydrogen) atoms. The normalized spacial score (nSPS) is 10.1. The largest absolute Gasteiger partial charge is 0.495 e. The van der Waals surface area contributed by atoms with E-state index in [-0.39, 0.29) is 12.5 Å². The van der Waals surface area contributed by atoms with Crippen LogP contribution in [0.4, 0.5) is 0 Å². The molecule has 0 bridgehead atoms. The summed E-state index contributed by atoms with van der Waals surface area (Å²) in [6.07, 6.45) is 0. The average Bonchev–Trinajstić information content (AvgIpc) is 2.29. The van der Waals surface area contributed by atoms with Crippen LogP contribution in [-0.4, -0.2) is 26.7 Å². The number of amides is 1. The smallest absolute Gasteiger partial charge is 0.260 e. The van der Waals surface area contributed by atoms with Gasteiger partial charge in [-0.15, -0.1) is 0 Å². The lowest BCUT2D eigenvalue weighted by Gasteiger charge is -2.07. The number of methoxy groups -OCH3 is 1. The van der Waals surface area contributed by atoms with Gasteiger partial charge in [-0.05, 0) is 17.7 Å². The van der Waals surface area contributed by atoms with Crippen molar-refractivity contribution < 1.29 is 14.3 Å². The number of benzene rings is 1. The molecule has 0 spiro atoms. The monoisotopic (exact) mass is 258 g/mol. The van der Waals surface area contributed by atoms with Gasteiger partial charge in [-0.25, -0.2) is 5.43 Å². The van der Waals surface area contributed by atoms with E-state index in [1.54, 1.807) is 26.3 Å². The zero-order valence-electron chi connectivity index (χ0n) is 9.75. The van der Waals surface area contributed by atoms with Crippen molar-refractivity contribution in [2.45, 2.75) is 6.61 Å². The van der Waals surface area contributed by atoms with Crippen LogP contribution in [0.15, 0.2) is 18.2 Å². The lowest BCUT2D eigenvalue weighted by Crippen LogP contribution is -2.36. The molecule has 94 valence electrons. The first-order valence-corrected chi connectivity index (χ1v) is 5.41. The Morgan fingerprint density at radius 1 is 1.47 bits per heavy atom. The Balaban J connectivity index is 2.42. The third kappa shape index (κ3) is 4.60. The number of ether oxygens (including phenoxy) is 2. The van der Waals surface area contributed by atoms with Crippen LogP contribution >= 0.6 is 11.6 Å². The highest BCUT2D eigenvalue weighted by molar-refractivity contribution is 6.32. The second-order valence-corrected chi connectivity index (χ2v) is 3.67. The Bertz CT molecular complexity index is 385. The number of halogens is 1. The fourth-order valence-corrected chi connectivity index (χ4v) is 1.52. The highest BCUT2D eigenvalue weighted by Gasteiger charge is 2.03. The fourth-order valence-electron chi connectivity index (χ4n) is 1.24. The summed E-state index contributed by atoms with van der Waals surface area (Å²) >= 11 is 5.95. The summed E-state index contributed by atoms with van der Waals surface area (Å²) < 4.78 is 10.2. The summed E-state index contributed by atoms with van der Waals surface area (Å²) in [7, 11) is 3.17. The first-order valence-electron chi connectivity index (χ1n) is 5.03. The second kappa shape index (κ2) is 7.11. The number of hydrogen-bond donors (Lipinski definition) is 2. The molecule has 6 heteroatoms. The van der Waals surface area contributed by atoms with Crippen LogP contribution in [0.1, 0.15) is 5.56 Å². The molecule has 1 aromatic carbocycles. The van der Waals surface area contributed by atoms with Gasteiger partial charge < -0.3 is 9.47 Å². The molecule has 0 saturated carbocycles. The van der Waals surface area contributed by atoms with Crippen molar-refractivity contribution in [3.63, 3.8) is 0 Å². The Hall–Kier alpha value is -1.30. The topological polar surface area (TPSA) is 59.6 Å². The molecule has 1 rings (SSSR count). The summed E-state index contributed by atoms with van der Waals surface area (Å²) in [5.41, 5.74) is 5.81. The highest BCUT2D eigenvalue weighted by atomic mass is 35.5. The first kappa shape index (κ1) is 13.8. The maximum atomic E-state index is 11.1. The summed E-state index contributed by atoms with van der Waals surface area (Å²) in [4.78, 5) is 11.1. The van der Waals surface area contributed by atoms with Gasteiger partial charge in [-0.2, -0.15) is 0 Å². The van der Waals surface area contributed by atoms with Crippen molar-refractivity contribution in [3.8, 4) is 5.75 Å². The van der Waals surface area contributed by atoms with Gasteiger partial charge in [-0.3, -0.25) is 10.2 Å². The van der Waals surface area contributed by atoms with E-state index in [0.29, 0.717) is 17.4 Å². The molecule has 1 aromatic rings. The molecule has 0 fully saturated rings. The van der Waals surface area contributed by atoms with Crippen LogP contribution < -0.4 is 15.6 Å². The maximum absolute atomic E-state index is 11.1. The van der Waals surface area contributed by atoms with E-state index in [1.807, 2.05) is 6.07 Å². The van der Waals surface area contributed by atoms with Gasteiger partial charge in [0.25, 0.3) is 5.91 Å². The van der Waals surface area contributed by atoms with Crippen LogP contribution in [0.3, 0.4) is 0 Å². The lowest BCUT2D eigenvalue weighted by atomic mass is 10.2. The fraction of sp³-hybridized carbons (Fsp3) is 0.364. The molecule has 0 saturated heterocycles. The second-order valence-electron chi connectivity index (χ2n) is 3.26. The third-order valence-corrected chi connectivity index (χ3v) is 2.28. The predicted octanol–water partition coefficient (Wildman–Crippen LogP) is 1.12. The van der Waals surface area contributed by atoms with Gasteiger partial charge in [-0.1, -0.05) is 17.7 Å². The van der Waals surface area contributed by atoms with E-state index in [2.05, 4.69) is 10.9 Å². The molecular formula is C11H15ClN2O3. The molecule has 0 radical (unpaired) electrons. The number of hydrogen-bond acceptors (Lipinski definition) is 4. The number of hydrazine groups is 1. The molecule has 0 aromatic heterocycles. The standard InChI is InChI=1S/C11H15ClN2O3/c1-13-14-11(15)7-17-6-8-3-4-10(16-2)9(12)5-8/h3-5,13H,6-7H2,1-2H3,(H,14,15). The van der Waals surface area contributed by atoms with E-state index in [4.69, 9.17) is 21.1 Å². The lowest BCUT2D eigenvalue weighted by molar-refractivity contribution is -0.126. The van der Waals surface area contributed by atoms with E-state index >= 15 is 0 Å². The summed E-state index contributed by atoms with van der Waals surface area (Å²) in [5.74, 6) is 0.385. The molecule has 0 unspecified atom stereocenters. The highest BCUT2D eigenvalue weighted by Crippen LogP contribution is 2.25. The molecule has 2 N–H and O–H groups in total. The minimum atomic E-state index is -0.230. The van der Waals surface area contributed by atoms with Crippen molar-refractivity contribution in [2.75, 3.05) is 20.8 Å². The summed E-state index contributed by atoms with van der Waals surface area (Å²) in [6.45, 7) is 0.311. The van der Waals surface area contributed by atoms with Gasteiger partial charge in [0.1, 0.15) is 12.4 Å². The van der Waals surface area contributed by atoms with Gasteiger partial charge in [0, 0.05) is 7.05 Å². The van der Waals surface area contributed by atoms with Gasteiger partial charge >= 0.3 is 0 Å². The van der Waals surface area contributed by atoms with Gasteiger partial charge in [0.05, 0.1) is 18.7 Å². The molecule has 0 aliphatic heterocycles. The maximum Gasteiger partial charge on any atom is 0.260 e. The average molecular weight is 259 g/mol. The minimum absolute atomic E-state index is 0.00944. The Morgan fingerprint density at radius 2 is 2.24 bits per heavy atom. The Morgan fingerprint density at radius 3 is 2.82 bits per heavy atom. The first-order chi connectivity index (χ1) is 8.17. The van der Waals surface area contributed by atoms with Crippen LogP contribution in [0, 0.1) is 0 Å². The van der Waals surface area contributed by atoms with Crippen LogP contribution in [0.5, 0.6) is 5.75 Å². The van der Waals surface area contributed by atoms with Crippen molar-refractivity contribution in [3.05, 3.63) is 28.8 Å². The quantitative estimate of drug-likeness (QED) is 0.751. The number of carbonyl (C=O) groups excluding carboxylic acids is 1. The van der Waals surface area contributed by atoms with Gasteiger partial charge in [0.15, 0.2) is 0 Å². The number of nitrogens with one attached hydrogen (secondary N) is 2. The van der Waals surface area contributed by atoms with Crippen molar-refractivity contribution in [1.82, 2.24) is 10.9 Å². The number of carbonyl (C=O) groups is 1. The predicted molar refractivity (Wildman–Crippen MR) is 64.9 cm³/mol. The minimum Gasteiger partial charge on any atom is -0.495 e. The molecule has 0 atom stereocenters. The molecule has 5 nitrogen and oxygen atoms in total. The van der Waals surface area contributed by atoms with E-state index < -0.39 is 0 Å². The molecule has 0 heterocycles. The molecule has 1 amide bonds. The Kier molecular flexibility index (Phi) is 5.76. The molecule has 0 aliphatic rings. The summed E-state index contributed by atoms with van der Waals surface area (Å²) in [6, 6.07) is 5.34. The van der Waals surface area contributed by atoms with Crippen LogP contribution in [-0.2, 0) is 16.1 Å². The summed E-state index contributed by atoms with van der Waals surface area (Å²) in [5, 5.41) is 0.522. The van der Waals surface area contributed by atoms with Crippen LogP contribution in [0.25, 0.3) is 0 Å². The van der Waals surface area contributed by atoms with E-state index in [0.717, 1.165) is 5.56 Å². The van der Waals surface area contributed by atoms with Crippen molar-refractivity contribution >= 4 is 17.5 Å². The zero-order valence-corrected chi connectivity index (χ0v) is 10.5. The Labute approximate surface area is 105 Å². The zero-order chi connectivity index (χ0) is 12.7. The molecular weight excluding hydrogens is 244 g/mol. The van der Waals surface area contributed by atoms with Crippen molar-refractivity contribution in [1.29, 1.82) is 0 Å². The third-order valence-electron chi connectivity index (χ3n) is 1.98. The van der Waals surface area contributed by atoms with E-state index in [9.17, 15) is 4.79 Å². The molecule has 0 aliphatic carbocycles. The SMILES string of the molecule is CNNC(=O)COCc1ccc(OC)c(Cl)c1. The van der Waals surface area contributed by atoms with Crippen molar-refractivity contribution in [2.24, 2.45) is 0 Å².